The molecule has 0 N–H and O–H groups in total. The molecule has 2 aromatic rings. The molecular formula is C12H15NOS. The van der Waals surface area contributed by atoms with Crippen LogP contribution in [-0.2, 0) is 5.41 Å². The summed E-state index contributed by atoms with van der Waals surface area (Å²) in [5.41, 5.74) is 2.37. The van der Waals surface area contributed by atoms with Crippen LogP contribution in [0.2, 0.25) is 0 Å². The molecule has 15 heavy (non-hydrogen) atoms. The standard InChI is InChI=1S/C12H15NOS/c1-8-5-6-14-10(8)11-13-9(7-15-11)12(2,3)4/h5-7H,1-4H3. The summed E-state index contributed by atoms with van der Waals surface area (Å²) in [5, 5.41) is 3.08. The largest absolute Gasteiger partial charge is 0.462 e. The van der Waals surface area contributed by atoms with Crippen molar-refractivity contribution in [2.75, 3.05) is 0 Å². The number of aryl methyl sites for hydroxylation is 1. The number of hydrogen-bond donors (Lipinski definition) is 0. The topological polar surface area (TPSA) is 26.0 Å². The maximum absolute atomic E-state index is 5.42. The van der Waals surface area contributed by atoms with Crippen LogP contribution >= 0.6 is 11.3 Å². The van der Waals surface area contributed by atoms with Gasteiger partial charge in [-0.15, -0.1) is 11.3 Å². The summed E-state index contributed by atoms with van der Waals surface area (Å²) in [5.74, 6) is 0.899. The zero-order valence-corrected chi connectivity index (χ0v) is 10.3. The number of nitrogens with zero attached hydrogens (tertiary/aromatic N) is 1. The first-order valence-corrected chi connectivity index (χ1v) is 5.87. The molecule has 2 heterocycles. The Morgan fingerprint density at radius 3 is 2.53 bits per heavy atom. The summed E-state index contributed by atoms with van der Waals surface area (Å²) in [6.07, 6.45) is 1.71. The first-order chi connectivity index (χ1) is 6.98. The molecule has 2 rings (SSSR count). The maximum Gasteiger partial charge on any atom is 0.165 e. The Hall–Kier alpha value is -1.09. The summed E-state index contributed by atoms with van der Waals surface area (Å²) < 4.78 is 5.42. The molecule has 0 aliphatic heterocycles. The van der Waals surface area contributed by atoms with E-state index in [9.17, 15) is 0 Å². The minimum atomic E-state index is 0.106. The maximum atomic E-state index is 5.42. The third kappa shape index (κ3) is 1.97. The molecule has 0 amide bonds. The summed E-state index contributed by atoms with van der Waals surface area (Å²) in [4.78, 5) is 4.61. The van der Waals surface area contributed by atoms with Gasteiger partial charge in [-0.05, 0) is 18.6 Å². The van der Waals surface area contributed by atoms with Gasteiger partial charge in [-0.1, -0.05) is 20.8 Å². The number of furan rings is 1. The van der Waals surface area contributed by atoms with E-state index in [1.165, 1.54) is 0 Å². The molecule has 2 nitrogen and oxygen atoms in total. The van der Waals surface area contributed by atoms with Gasteiger partial charge in [0.25, 0.3) is 0 Å². The molecule has 2 aromatic heterocycles. The van der Waals surface area contributed by atoms with Crippen LogP contribution in [0, 0.1) is 6.92 Å². The van der Waals surface area contributed by atoms with Gasteiger partial charge in [0.05, 0.1) is 12.0 Å². The monoisotopic (exact) mass is 221 g/mol. The predicted octanol–water partition coefficient (Wildman–Crippen LogP) is 4.01. The van der Waals surface area contributed by atoms with E-state index in [1.54, 1.807) is 17.6 Å². The Morgan fingerprint density at radius 2 is 2.07 bits per heavy atom. The number of hydrogen-bond acceptors (Lipinski definition) is 3. The molecule has 80 valence electrons. The molecule has 0 unspecified atom stereocenters. The molecule has 0 bridgehead atoms. The quantitative estimate of drug-likeness (QED) is 0.727. The Labute approximate surface area is 94.0 Å². The highest BCUT2D eigenvalue weighted by Gasteiger charge is 2.19. The van der Waals surface area contributed by atoms with Gasteiger partial charge in [0.1, 0.15) is 0 Å². The third-order valence-electron chi connectivity index (χ3n) is 2.33. The van der Waals surface area contributed by atoms with Gasteiger partial charge in [-0.2, -0.15) is 0 Å². The average molecular weight is 221 g/mol. The smallest absolute Gasteiger partial charge is 0.165 e. The fourth-order valence-electron chi connectivity index (χ4n) is 1.31. The second kappa shape index (κ2) is 3.49. The number of thiazole rings is 1. The van der Waals surface area contributed by atoms with Crippen LogP contribution in [0.25, 0.3) is 10.8 Å². The lowest BCUT2D eigenvalue weighted by atomic mass is 9.93. The second-order valence-electron chi connectivity index (χ2n) is 4.72. The zero-order chi connectivity index (χ0) is 11.1. The van der Waals surface area contributed by atoms with Crippen LogP contribution in [0.3, 0.4) is 0 Å². The van der Waals surface area contributed by atoms with Crippen LogP contribution < -0.4 is 0 Å². The van der Waals surface area contributed by atoms with Crippen LogP contribution in [0.4, 0.5) is 0 Å². The average Bonchev–Trinajstić information content (AvgIpc) is 2.69. The Morgan fingerprint density at radius 1 is 1.33 bits per heavy atom. The Bertz CT molecular complexity index is 462. The lowest BCUT2D eigenvalue weighted by Gasteiger charge is -2.14. The van der Waals surface area contributed by atoms with Crippen molar-refractivity contribution in [1.29, 1.82) is 0 Å². The van der Waals surface area contributed by atoms with Crippen molar-refractivity contribution in [1.82, 2.24) is 4.98 Å². The molecule has 0 saturated carbocycles. The molecule has 0 aliphatic rings. The lowest BCUT2D eigenvalue weighted by molar-refractivity contribution is 0.566. The molecular weight excluding hydrogens is 206 g/mol. The molecule has 0 fully saturated rings. The van der Waals surface area contributed by atoms with E-state index in [0.29, 0.717) is 0 Å². The normalized spacial score (nSPS) is 12.0. The molecule has 0 aromatic carbocycles. The van der Waals surface area contributed by atoms with Crippen molar-refractivity contribution in [3.63, 3.8) is 0 Å². The van der Waals surface area contributed by atoms with Crippen LogP contribution in [0.5, 0.6) is 0 Å². The minimum absolute atomic E-state index is 0.106. The van der Waals surface area contributed by atoms with Crippen molar-refractivity contribution in [2.24, 2.45) is 0 Å². The predicted molar refractivity (Wildman–Crippen MR) is 63.3 cm³/mol. The van der Waals surface area contributed by atoms with Gasteiger partial charge in [-0.3, -0.25) is 0 Å². The van der Waals surface area contributed by atoms with E-state index in [2.05, 4.69) is 31.1 Å². The van der Waals surface area contributed by atoms with Gasteiger partial charge in [0, 0.05) is 10.8 Å². The van der Waals surface area contributed by atoms with Crippen molar-refractivity contribution < 1.29 is 4.42 Å². The summed E-state index contributed by atoms with van der Waals surface area (Å²) in [6, 6.07) is 1.97. The van der Waals surface area contributed by atoms with Crippen molar-refractivity contribution >= 4 is 11.3 Å². The minimum Gasteiger partial charge on any atom is -0.462 e. The molecule has 0 saturated heterocycles. The fourth-order valence-corrected chi connectivity index (χ4v) is 2.41. The molecule has 0 atom stereocenters. The zero-order valence-electron chi connectivity index (χ0n) is 9.50. The molecule has 0 aliphatic carbocycles. The second-order valence-corrected chi connectivity index (χ2v) is 5.58. The van der Waals surface area contributed by atoms with Gasteiger partial charge in [0.2, 0.25) is 0 Å². The van der Waals surface area contributed by atoms with Crippen molar-refractivity contribution in [3.8, 4) is 10.8 Å². The first kappa shape index (κ1) is 10.4. The molecule has 3 heteroatoms. The number of aromatic nitrogens is 1. The molecule has 0 radical (unpaired) electrons. The highest BCUT2D eigenvalue weighted by Crippen LogP contribution is 2.31. The van der Waals surface area contributed by atoms with E-state index < -0.39 is 0 Å². The summed E-state index contributed by atoms with van der Waals surface area (Å²) >= 11 is 1.64. The van der Waals surface area contributed by atoms with E-state index in [4.69, 9.17) is 4.42 Å². The highest BCUT2D eigenvalue weighted by atomic mass is 32.1. The highest BCUT2D eigenvalue weighted by molar-refractivity contribution is 7.13. The Balaban J connectivity index is 2.41. The third-order valence-corrected chi connectivity index (χ3v) is 3.17. The van der Waals surface area contributed by atoms with E-state index in [0.717, 1.165) is 22.0 Å². The van der Waals surface area contributed by atoms with Crippen molar-refractivity contribution in [2.45, 2.75) is 33.1 Å². The Kier molecular flexibility index (Phi) is 2.43. The SMILES string of the molecule is Cc1ccoc1-c1nc(C(C)(C)C)cs1. The van der Waals surface area contributed by atoms with Crippen LogP contribution in [0.1, 0.15) is 32.0 Å². The van der Waals surface area contributed by atoms with Gasteiger partial charge >= 0.3 is 0 Å². The molecule has 0 spiro atoms. The van der Waals surface area contributed by atoms with E-state index >= 15 is 0 Å². The first-order valence-electron chi connectivity index (χ1n) is 4.99. The van der Waals surface area contributed by atoms with Crippen LogP contribution in [-0.4, -0.2) is 4.98 Å². The fraction of sp³-hybridized carbons (Fsp3) is 0.417. The van der Waals surface area contributed by atoms with Crippen LogP contribution in [0.15, 0.2) is 22.1 Å². The summed E-state index contributed by atoms with van der Waals surface area (Å²) in [7, 11) is 0. The number of rotatable bonds is 1. The van der Waals surface area contributed by atoms with E-state index in [-0.39, 0.29) is 5.41 Å². The van der Waals surface area contributed by atoms with Gasteiger partial charge < -0.3 is 4.42 Å². The van der Waals surface area contributed by atoms with Gasteiger partial charge in [-0.25, -0.2) is 4.98 Å². The van der Waals surface area contributed by atoms with Crippen molar-refractivity contribution in [3.05, 3.63) is 29.0 Å². The van der Waals surface area contributed by atoms with Gasteiger partial charge in [0.15, 0.2) is 10.8 Å². The summed E-state index contributed by atoms with van der Waals surface area (Å²) in [6.45, 7) is 8.54. The van der Waals surface area contributed by atoms with E-state index in [1.807, 2.05) is 13.0 Å². The lowest BCUT2D eigenvalue weighted by Crippen LogP contribution is -2.11.